The Hall–Kier alpha value is -1.74. The maximum atomic E-state index is 4.29. The van der Waals surface area contributed by atoms with Crippen molar-refractivity contribution in [1.82, 2.24) is 14.9 Å². The summed E-state index contributed by atoms with van der Waals surface area (Å²) < 4.78 is 0. The lowest BCUT2D eigenvalue weighted by Crippen LogP contribution is -2.10. The molecular formula is C14H17N3. The van der Waals surface area contributed by atoms with Crippen LogP contribution in [0.15, 0.2) is 36.9 Å². The Morgan fingerprint density at radius 1 is 0.941 bits per heavy atom. The van der Waals surface area contributed by atoms with Gasteiger partial charge in [-0.25, -0.2) is 0 Å². The second-order valence-electron chi connectivity index (χ2n) is 4.57. The molecule has 17 heavy (non-hydrogen) atoms. The van der Waals surface area contributed by atoms with Gasteiger partial charge in [0.05, 0.1) is 0 Å². The minimum Gasteiger partial charge on any atom is -0.305 e. The quantitative estimate of drug-likeness (QED) is 0.806. The summed E-state index contributed by atoms with van der Waals surface area (Å²) in [6, 6.07) is 4.30. The number of hydrogen-bond acceptors (Lipinski definition) is 3. The number of nitrogens with zero attached hydrogens (tertiary/aromatic N) is 3. The van der Waals surface area contributed by atoms with E-state index in [1.54, 1.807) is 0 Å². The summed E-state index contributed by atoms with van der Waals surface area (Å²) in [6.07, 6.45) is 7.53. The van der Waals surface area contributed by atoms with Gasteiger partial charge in [0.2, 0.25) is 0 Å². The zero-order valence-electron chi connectivity index (χ0n) is 10.5. The summed E-state index contributed by atoms with van der Waals surface area (Å²) in [5.41, 5.74) is 4.63. The third kappa shape index (κ3) is 3.11. The average molecular weight is 227 g/mol. The van der Waals surface area contributed by atoms with Gasteiger partial charge in [-0.2, -0.15) is 0 Å². The van der Waals surface area contributed by atoms with Gasteiger partial charge in [0, 0.05) is 42.5 Å². The van der Waals surface area contributed by atoms with Crippen molar-refractivity contribution >= 4 is 0 Å². The molecule has 3 heteroatoms. The topological polar surface area (TPSA) is 29.0 Å². The molecule has 0 saturated carbocycles. The molecule has 0 aliphatic rings. The standard InChI is InChI=1S/C14H17N3/c1-11-4-13(8-15-6-11)14-5-12(7-16-9-14)10-17(2)3/h4-9H,10H2,1-3H3. The molecule has 2 rings (SSSR count). The van der Waals surface area contributed by atoms with E-state index in [0.29, 0.717) is 0 Å². The smallest absolute Gasteiger partial charge is 0.0347 e. The number of hydrogen-bond donors (Lipinski definition) is 0. The Morgan fingerprint density at radius 3 is 2.24 bits per heavy atom. The molecular weight excluding hydrogens is 210 g/mol. The van der Waals surface area contributed by atoms with Crippen LogP contribution in [0.1, 0.15) is 11.1 Å². The predicted octanol–water partition coefficient (Wildman–Crippen LogP) is 2.51. The zero-order chi connectivity index (χ0) is 12.3. The first-order valence-corrected chi connectivity index (χ1v) is 5.66. The first kappa shape index (κ1) is 11.7. The SMILES string of the molecule is Cc1cncc(-c2cncc(CN(C)C)c2)c1. The summed E-state index contributed by atoms with van der Waals surface area (Å²) >= 11 is 0. The van der Waals surface area contributed by atoms with Gasteiger partial charge in [0.1, 0.15) is 0 Å². The van der Waals surface area contributed by atoms with Gasteiger partial charge in [-0.15, -0.1) is 0 Å². The Bertz CT molecular complexity index is 506. The molecule has 0 unspecified atom stereocenters. The third-order valence-corrected chi connectivity index (χ3v) is 2.50. The van der Waals surface area contributed by atoms with Crippen LogP contribution in [0.25, 0.3) is 11.1 Å². The monoisotopic (exact) mass is 227 g/mol. The highest BCUT2D eigenvalue weighted by Crippen LogP contribution is 2.19. The van der Waals surface area contributed by atoms with E-state index in [0.717, 1.165) is 17.7 Å². The lowest BCUT2D eigenvalue weighted by atomic mass is 10.1. The second kappa shape index (κ2) is 5.06. The van der Waals surface area contributed by atoms with Gasteiger partial charge >= 0.3 is 0 Å². The van der Waals surface area contributed by atoms with Crippen molar-refractivity contribution in [3.05, 3.63) is 48.0 Å². The van der Waals surface area contributed by atoms with Gasteiger partial charge in [-0.05, 0) is 44.3 Å². The fourth-order valence-corrected chi connectivity index (χ4v) is 1.81. The third-order valence-electron chi connectivity index (χ3n) is 2.50. The van der Waals surface area contributed by atoms with E-state index < -0.39 is 0 Å². The molecule has 0 fully saturated rings. The van der Waals surface area contributed by atoms with E-state index in [1.165, 1.54) is 11.1 Å². The van der Waals surface area contributed by atoms with Crippen LogP contribution in [-0.2, 0) is 6.54 Å². The highest BCUT2D eigenvalue weighted by atomic mass is 15.0. The molecule has 0 aliphatic heterocycles. The number of aryl methyl sites for hydroxylation is 1. The van der Waals surface area contributed by atoms with Crippen LogP contribution in [-0.4, -0.2) is 29.0 Å². The molecule has 3 nitrogen and oxygen atoms in total. The van der Waals surface area contributed by atoms with Gasteiger partial charge in [0.15, 0.2) is 0 Å². The molecule has 2 aromatic heterocycles. The molecule has 0 amide bonds. The summed E-state index contributed by atoms with van der Waals surface area (Å²) in [5, 5.41) is 0. The molecule has 0 aliphatic carbocycles. The normalized spacial score (nSPS) is 10.8. The van der Waals surface area contributed by atoms with Gasteiger partial charge < -0.3 is 4.90 Å². The van der Waals surface area contributed by atoms with Crippen LogP contribution < -0.4 is 0 Å². The van der Waals surface area contributed by atoms with Crippen molar-refractivity contribution in [3.8, 4) is 11.1 Å². The maximum absolute atomic E-state index is 4.29. The molecule has 2 aromatic rings. The van der Waals surface area contributed by atoms with E-state index in [4.69, 9.17) is 0 Å². The van der Waals surface area contributed by atoms with E-state index in [2.05, 4.69) is 41.1 Å². The largest absolute Gasteiger partial charge is 0.305 e. The van der Waals surface area contributed by atoms with Crippen molar-refractivity contribution in [2.75, 3.05) is 14.1 Å². The van der Waals surface area contributed by atoms with Gasteiger partial charge in [-0.1, -0.05) is 0 Å². The minimum absolute atomic E-state index is 0.903. The fraction of sp³-hybridized carbons (Fsp3) is 0.286. The lowest BCUT2D eigenvalue weighted by Gasteiger charge is -2.10. The summed E-state index contributed by atoms with van der Waals surface area (Å²) in [4.78, 5) is 10.6. The predicted molar refractivity (Wildman–Crippen MR) is 69.6 cm³/mol. The fourth-order valence-electron chi connectivity index (χ4n) is 1.81. The van der Waals surface area contributed by atoms with Crippen molar-refractivity contribution in [2.24, 2.45) is 0 Å². The molecule has 0 radical (unpaired) electrons. The van der Waals surface area contributed by atoms with Crippen LogP contribution in [0.4, 0.5) is 0 Å². The molecule has 0 bridgehead atoms. The molecule has 0 atom stereocenters. The second-order valence-corrected chi connectivity index (χ2v) is 4.57. The highest BCUT2D eigenvalue weighted by Gasteiger charge is 2.02. The Labute approximate surface area is 102 Å². The first-order chi connectivity index (χ1) is 8.15. The van der Waals surface area contributed by atoms with Crippen molar-refractivity contribution in [2.45, 2.75) is 13.5 Å². The lowest BCUT2D eigenvalue weighted by molar-refractivity contribution is 0.402. The molecule has 0 aromatic carbocycles. The maximum Gasteiger partial charge on any atom is 0.0347 e. The minimum atomic E-state index is 0.903. The van der Waals surface area contributed by atoms with Crippen molar-refractivity contribution < 1.29 is 0 Å². The van der Waals surface area contributed by atoms with Crippen LogP contribution in [0.3, 0.4) is 0 Å². The first-order valence-electron chi connectivity index (χ1n) is 5.66. The van der Waals surface area contributed by atoms with Crippen LogP contribution in [0.2, 0.25) is 0 Å². The van der Waals surface area contributed by atoms with Crippen molar-refractivity contribution in [1.29, 1.82) is 0 Å². The molecule has 88 valence electrons. The average Bonchev–Trinajstić information content (AvgIpc) is 2.28. The van der Waals surface area contributed by atoms with E-state index >= 15 is 0 Å². The molecule has 0 N–H and O–H groups in total. The molecule has 0 spiro atoms. The zero-order valence-corrected chi connectivity index (χ0v) is 10.5. The van der Waals surface area contributed by atoms with E-state index in [9.17, 15) is 0 Å². The number of rotatable bonds is 3. The Kier molecular flexibility index (Phi) is 3.49. The summed E-state index contributed by atoms with van der Waals surface area (Å²) in [6.45, 7) is 2.95. The van der Waals surface area contributed by atoms with E-state index in [1.807, 2.05) is 31.7 Å². The van der Waals surface area contributed by atoms with Crippen LogP contribution in [0, 0.1) is 6.92 Å². The number of pyridine rings is 2. The summed E-state index contributed by atoms with van der Waals surface area (Å²) in [5.74, 6) is 0. The van der Waals surface area contributed by atoms with E-state index in [-0.39, 0.29) is 0 Å². The highest BCUT2D eigenvalue weighted by molar-refractivity contribution is 5.62. The van der Waals surface area contributed by atoms with Gasteiger partial charge in [-0.3, -0.25) is 9.97 Å². The van der Waals surface area contributed by atoms with Crippen LogP contribution >= 0.6 is 0 Å². The van der Waals surface area contributed by atoms with Gasteiger partial charge in [0.25, 0.3) is 0 Å². The molecule has 0 saturated heterocycles. The van der Waals surface area contributed by atoms with Crippen LogP contribution in [0.5, 0.6) is 0 Å². The molecule has 2 heterocycles. The van der Waals surface area contributed by atoms with Crippen molar-refractivity contribution in [3.63, 3.8) is 0 Å². The summed E-state index contributed by atoms with van der Waals surface area (Å²) in [7, 11) is 4.11. The number of aromatic nitrogens is 2. The Morgan fingerprint density at radius 2 is 1.59 bits per heavy atom. The Balaban J connectivity index is 2.33.